The number of nitrogens with zero attached hydrogens (tertiary/aromatic N) is 2. The molecule has 0 saturated heterocycles. The maximum absolute atomic E-state index is 6.22. The zero-order chi connectivity index (χ0) is 13.0. The van der Waals surface area contributed by atoms with E-state index in [4.69, 9.17) is 5.73 Å². The van der Waals surface area contributed by atoms with Crippen molar-refractivity contribution in [3.05, 3.63) is 15.9 Å². The lowest BCUT2D eigenvalue weighted by molar-refractivity contribution is 0.441. The SMILES string of the molecule is CCC(C)CC(N)Cc1c(Br)c(C)nn1CC. The van der Waals surface area contributed by atoms with E-state index < -0.39 is 0 Å². The molecule has 17 heavy (non-hydrogen) atoms. The van der Waals surface area contributed by atoms with Crippen molar-refractivity contribution < 1.29 is 0 Å². The second kappa shape index (κ2) is 6.55. The molecule has 0 radical (unpaired) electrons. The lowest BCUT2D eigenvalue weighted by Gasteiger charge is -2.16. The van der Waals surface area contributed by atoms with Gasteiger partial charge in [-0.25, -0.2) is 0 Å². The fourth-order valence-electron chi connectivity index (χ4n) is 2.08. The fraction of sp³-hybridized carbons (Fsp3) is 0.769. The van der Waals surface area contributed by atoms with Gasteiger partial charge in [0.25, 0.3) is 0 Å². The first-order chi connectivity index (χ1) is 7.99. The second-order valence-electron chi connectivity index (χ2n) is 4.88. The molecule has 1 aromatic heterocycles. The largest absolute Gasteiger partial charge is 0.327 e. The molecule has 4 heteroatoms. The van der Waals surface area contributed by atoms with Crippen LogP contribution in [0.2, 0.25) is 0 Å². The summed E-state index contributed by atoms with van der Waals surface area (Å²) in [5.41, 5.74) is 8.51. The number of rotatable bonds is 6. The minimum atomic E-state index is 0.225. The molecule has 0 amide bonds. The highest BCUT2D eigenvalue weighted by Crippen LogP contribution is 2.23. The number of hydrogen-bond donors (Lipinski definition) is 1. The Labute approximate surface area is 113 Å². The van der Waals surface area contributed by atoms with E-state index in [0.29, 0.717) is 5.92 Å². The van der Waals surface area contributed by atoms with E-state index >= 15 is 0 Å². The summed E-state index contributed by atoms with van der Waals surface area (Å²) in [6.07, 6.45) is 3.18. The van der Waals surface area contributed by atoms with Crippen molar-refractivity contribution >= 4 is 15.9 Å². The molecule has 2 unspecified atom stereocenters. The van der Waals surface area contributed by atoms with Crippen molar-refractivity contribution in [1.82, 2.24) is 9.78 Å². The van der Waals surface area contributed by atoms with Crippen molar-refractivity contribution in [3.63, 3.8) is 0 Å². The van der Waals surface area contributed by atoms with Crippen LogP contribution in [0.4, 0.5) is 0 Å². The van der Waals surface area contributed by atoms with E-state index in [1.165, 1.54) is 12.1 Å². The minimum Gasteiger partial charge on any atom is -0.327 e. The van der Waals surface area contributed by atoms with E-state index in [0.717, 1.165) is 29.6 Å². The van der Waals surface area contributed by atoms with Gasteiger partial charge in [-0.2, -0.15) is 5.10 Å². The summed E-state index contributed by atoms with van der Waals surface area (Å²) >= 11 is 3.61. The highest BCUT2D eigenvalue weighted by Gasteiger charge is 2.16. The Morgan fingerprint density at radius 1 is 1.41 bits per heavy atom. The Kier molecular flexibility index (Phi) is 5.67. The molecular formula is C13H24BrN3. The van der Waals surface area contributed by atoms with Crippen LogP contribution in [-0.4, -0.2) is 15.8 Å². The molecule has 2 atom stereocenters. The molecule has 0 aliphatic carbocycles. The first-order valence-electron chi connectivity index (χ1n) is 6.46. The van der Waals surface area contributed by atoms with Crippen LogP contribution in [0.3, 0.4) is 0 Å². The third kappa shape index (κ3) is 3.81. The molecule has 0 saturated carbocycles. The van der Waals surface area contributed by atoms with Gasteiger partial charge in [-0.1, -0.05) is 20.3 Å². The van der Waals surface area contributed by atoms with E-state index in [9.17, 15) is 0 Å². The summed E-state index contributed by atoms with van der Waals surface area (Å²) < 4.78 is 3.18. The average Bonchev–Trinajstić information content (AvgIpc) is 2.56. The van der Waals surface area contributed by atoms with Crippen LogP contribution in [-0.2, 0) is 13.0 Å². The Hall–Kier alpha value is -0.350. The molecular weight excluding hydrogens is 278 g/mol. The first-order valence-corrected chi connectivity index (χ1v) is 7.26. The molecule has 1 rings (SSSR count). The van der Waals surface area contributed by atoms with Crippen LogP contribution < -0.4 is 5.73 Å². The summed E-state index contributed by atoms with van der Waals surface area (Å²) in [6.45, 7) is 9.52. The molecule has 3 nitrogen and oxygen atoms in total. The van der Waals surface area contributed by atoms with E-state index in [-0.39, 0.29) is 6.04 Å². The van der Waals surface area contributed by atoms with Crippen molar-refractivity contribution in [3.8, 4) is 0 Å². The van der Waals surface area contributed by atoms with Gasteiger partial charge >= 0.3 is 0 Å². The predicted molar refractivity (Wildman–Crippen MR) is 76.1 cm³/mol. The highest BCUT2D eigenvalue weighted by molar-refractivity contribution is 9.10. The molecule has 1 aromatic rings. The van der Waals surface area contributed by atoms with Crippen LogP contribution in [0.1, 0.15) is 45.0 Å². The third-order valence-corrected chi connectivity index (χ3v) is 4.34. The Balaban J connectivity index is 2.73. The van der Waals surface area contributed by atoms with Crippen LogP contribution in [0.15, 0.2) is 4.47 Å². The van der Waals surface area contributed by atoms with Gasteiger partial charge in [-0.05, 0) is 42.1 Å². The third-order valence-electron chi connectivity index (χ3n) is 3.31. The average molecular weight is 302 g/mol. The van der Waals surface area contributed by atoms with Crippen LogP contribution in [0.25, 0.3) is 0 Å². The van der Waals surface area contributed by atoms with Gasteiger partial charge in [0, 0.05) is 19.0 Å². The van der Waals surface area contributed by atoms with Crippen LogP contribution in [0.5, 0.6) is 0 Å². The molecule has 98 valence electrons. The van der Waals surface area contributed by atoms with Crippen molar-refractivity contribution in [2.24, 2.45) is 11.7 Å². The predicted octanol–water partition coefficient (Wildman–Crippen LogP) is 3.28. The zero-order valence-electron chi connectivity index (χ0n) is 11.3. The number of aromatic nitrogens is 2. The Morgan fingerprint density at radius 3 is 2.59 bits per heavy atom. The summed E-state index contributed by atoms with van der Waals surface area (Å²) in [5, 5.41) is 4.50. The summed E-state index contributed by atoms with van der Waals surface area (Å²) in [4.78, 5) is 0. The van der Waals surface area contributed by atoms with Gasteiger partial charge in [0.1, 0.15) is 0 Å². The van der Waals surface area contributed by atoms with Crippen LogP contribution >= 0.6 is 15.9 Å². The highest BCUT2D eigenvalue weighted by atomic mass is 79.9. The monoisotopic (exact) mass is 301 g/mol. The van der Waals surface area contributed by atoms with Gasteiger partial charge in [0.05, 0.1) is 15.9 Å². The maximum Gasteiger partial charge on any atom is 0.0738 e. The quantitative estimate of drug-likeness (QED) is 0.876. The maximum atomic E-state index is 6.22. The number of nitrogens with two attached hydrogens (primary N) is 1. The van der Waals surface area contributed by atoms with Crippen molar-refractivity contribution in [2.75, 3.05) is 0 Å². The lowest BCUT2D eigenvalue weighted by atomic mass is 9.97. The topological polar surface area (TPSA) is 43.8 Å². The zero-order valence-corrected chi connectivity index (χ0v) is 12.9. The van der Waals surface area contributed by atoms with E-state index in [1.807, 2.05) is 6.92 Å². The van der Waals surface area contributed by atoms with E-state index in [1.54, 1.807) is 0 Å². The van der Waals surface area contributed by atoms with Gasteiger partial charge in [-0.3, -0.25) is 4.68 Å². The smallest absolute Gasteiger partial charge is 0.0738 e. The first kappa shape index (κ1) is 14.7. The van der Waals surface area contributed by atoms with Crippen molar-refractivity contribution in [2.45, 2.75) is 59.5 Å². The van der Waals surface area contributed by atoms with Gasteiger partial charge in [0.15, 0.2) is 0 Å². The molecule has 0 aliphatic rings. The Bertz CT molecular complexity index is 360. The number of aryl methyl sites for hydroxylation is 2. The normalized spacial score (nSPS) is 14.9. The van der Waals surface area contributed by atoms with Crippen LogP contribution in [0, 0.1) is 12.8 Å². The minimum absolute atomic E-state index is 0.225. The molecule has 0 bridgehead atoms. The van der Waals surface area contributed by atoms with E-state index in [2.05, 4.69) is 46.5 Å². The molecule has 0 aromatic carbocycles. The molecule has 2 N–H and O–H groups in total. The molecule has 1 heterocycles. The molecule has 0 spiro atoms. The summed E-state index contributed by atoms with van der Waals surface area (Å²) in [7, 11) is 0. The van der Waals surface area contributed by atoms with Crippen molar-refractivity contribution in [1.29, 1.82) is 0 Å². The lowest BCUT2D eigenvalue weighted by Crippen LogP contribution is -2.26. The number of hydrogen-bond acceptors (Lipinski definition) is 2. The molecule has 0 fully saturated rings. The standard InChI is InChI=1S/C13H24BrN3/c1-5-9(3)7-11(15)8-12-13(14)10(4)16-17(12)6-2/h9,11H,5-8,15H2,1-4H3. The van der Waals surface area contributed by atoms with Gasteiger partial charge < -0.3 is 5.73 Å². The fourth-order valence-corrected chi connectivity index (χ4v) is 2.53. The summed E-state index contributed by atoms with van der Waals surface area (Å²) in [5.74, 6) is 0.697. The van der Waals surface area contributed by atoms with Gasteiger partial charge in [-0.15, -0.1) is 0 Å². The van der Waals surface area contributed by atoms with Gasteiger partial charge in [0.2, 0.25) is 0 Å². The summed E-state index contributed by atoms with van der Waals surface area (Å²) in [6, 6.07) is 0.225. The number of halogens is 1. The second-order valence-corrected chi connectivity index (χ2v) is 5.67. The Morgan fingerprint density at radius 2 is 2.06 bits per heavy atom. The molecule has 0 aliphatic heterocycles.